The number of nitrogens with zero attached hydrogens (tertiary/aromatic N) is 3. The van der Waals surface area contributed by atoms with Crippen LogP contribution in [0, 0.1) is 0 Å². The van der Waals surface area contributed by atoms with Gasteiger partial charge >= 0.3 is 0 Å². The van der Waals surface area contributed by atoms with Gasteiger partial charge in [-0.25, -0.2) is 4.98 Å². The van der Waals surface area contributed by atoms with Crippen LogP contribution in [-0.2, 0) is 0 Å². The van der Waals surface area contributed by atoms with Crippen LogP contribution >= 0.6 is 22.9 Å². The number of carbonyl (C=O) groups is 2. The van der Waals surface area contributed by atoms with Gasteiger partial charge in [0.05, 0.1) is 47.8 Å². The first kappa shape index (κ1) is 25.8. The first-order valence-electron chi connectivity index (χ1n) is 11.9. The van der Waals surface area contributed by atoms with Crippen molar-refractivity contribution in [1.82, 2.24) is 20.1 Å². The number of likely N-dealkylation sites (tertiary alicyclic amines) is 1. The number of nitrogens with one attached hydrogen (secondary N) is 2. The summed E-state index contributed by atoms with van der Waals surface area (Å²) in [6, 6.07) is 8.78. The smallest absolute Gasteiger partial charge is 0.276 e. The zero-order valence-corrected chi connectivity index (χ0v) is 22.6. The van der Waals surface area contributed by atoms with Crippen molar-refractivity contribution >= 4 is 51.5 Å². The zero-order chi connectivity index (χ0) is 26.8. The van der Waals surface area contributed by atoms with E-state index < -0.39 is 0 Å². The molecule has 38 heavy (non-hydrogen) atoms. The second kappa shape index (κ2) is 10.9. The highest BCUT2D eigenvalue weighted by Gasteiger charge is 2.30. The van der Waals surface area contributed by atoms with Crippen LogP contribution in [-0.4, -0.2) is 66.3 Å². The Balaban J connectivity index is 1.24. The molecule has 0 saturated carbocycles. The lowest BCUT2D eigenvalue weighted by atomic mass is 9.97. The van der Waals surface area contributed by atoms with Crippen LogP contribution < -0.4 is 19.5 Å². The van der Waals surface area contributed by atoms with E-state index in [0.29, 0.717) is 57.8 Å². The first-order valence-corrected chi connectivity index (χ1v) is 13.2. The number of benzene rings is 2. The van der Waals surface area contributed by atoms with Gasteiger partial charge in [0.1, 0.15) is 5.69 Å². The van der Waals surface area contributed by atoms with Crippen molar-refractivity contribution in [2.24, 2.45) is 0 Å². The Bertz CT molecular complexity index is 1490. The quantitative estimate of drug-likeness (QED) is 0.330. The van der Waals surface area contributed by atoms with E-state index in [2.05, 4.69) is 20.5 Å². The number of H-pyrrole nitrogens is 1. The number of halogens is 1. The number of rotatable bonds is 7. The largest absolute Gasteiger partial charge is 0.493 e. The van der Waals surface area contributed by atoms with Gasteiger partial charge < -0.3 is 24.4 Å². The molecule has 1 saturated heterocycles. The Morgan fingerprint density at radius 2 is 1.84 bits per heavy atom. The van der Waals surface area contributed by atoms with Gasteiger partial charge in [0, 0.05) is 24.4 Å². The molecule has 0 spiro atoms. The molecule has 1 aliphatic rings. The summed E-state index contributed by atoms with van der Waals surface area (Å²) in [5.41, 5.74) is 1.48. The molecule has 2 amide bonds. The van der Waals surface area contributed by atoms with Crippen LogP contribution in [0.15, 0.2) is 35.7 Å². The van der Waals surface area contributed by atoms with E-state index in [1.165, 1.54) is 32.7 Å². The van der Waals surface area contributed by atoms with Crippen LogP contribution in [0.5, 0.6) is 17.2 Å². The molecule has 0 bridgehead atoms. The fourth-order valence-electron chi connectivity index (χ4n) is 4.64. The van der Waals surface area contributed by atoms with E-state index in [-0.39, 0.29) is 17.7 Å². The van der Waals surface area contributed by atoms with Crippen LogP contribution in [0.25, 0.3) is 10.9 Å². The Kier molecular flexibility index (Phi) is 7.39. The third-order valence-electron chi connectivity index (χ3n) is 6.59. The van der Waals surface area contributed by atoms with Crippen molar-refractivity contribution in [3.05, 3.63) is 57.0 Å². The Morgan fingerprint density at radius 1 is 1.08 bits per heavy atom. The van der Waals surface area contributed by atoms with Gasteiger partial charge in [-0.05, 0) is 37.1 Å². The Morgan fingerprint density at radius 3 is 2.55 bits per heavy atom. The lowest BCUT2D eigenvalue weighted by Gasteiger charge is -2.31. The second-order valence-corrected chi connectivity index (χ2v) is 10.0. The normalized spacial score (nSPS) is 13.9. The van der Waals surface area contributed by atoms with Crippen molar-refractivity contribution in [2.75, 3.05) is 39.7 Å². The van der Waals surface area contributed by atoms with E-state index in [1.807, 2.05) is 12.1 Å². The summed E-state index contributed by atoms with van der Waals surface area (Å²) in [5, 5.41) is 13.6. The second-order valence-electron chi connectivity index (χ2n) is 8.71. The van der Waals surface area contributed by atoms with Gasteiger partial charge in [0.25, 0.3) is 11.8 Å². The lowest BCUT2D eigenvalue weighted by molar-refractivity contribution is 0.0708. The maximum absolute atomic E-state index is 13.3. The number of methoxy groups -OCH3 is 3. The standard InChI is InChI=1S/C26H26ClN5O5S/c1-35-19-8-7-15(21(36-2)22(19)37-3)26(34)32-11-9-14(10-12-32)25-28-18(13-38-25)24(33)29-23-20-16(27)5-4-6-17(20)30-31-23/h4-8,13-14H,9-12H2,1-3H3,(H2,29,30,31,33). The third-order valence-corrected chi connectivity index (χ3v) is 7.91. The topological polar surface area (TPSA) is 119 Å². The minimum absolute atomic E-state index is 0.134. The fraction of sp³-hybridized carbons (Fsp3) is 0.308. The molecule has 4 aromatic rings. The number of thiazole rings is 1. The highest BCUT2D eigenvalue weighted by Crippen LogP contribution is 2.41. The van der Waals surface area contributed by atoms with Crippen molar-refractivity contribution in [3.63, 3.8) is 0 Å². The van der Waals surface area contributed by atoms with Crippen LogP contribution in [0.2, 0.25) is 5.02 Å². The number of ether oxygens (including phenoxy) is 3. The van der Waals surface area contributed by atoms with Crippen molar-refractivity contribution in [1.29, 1.82) is 0 Å². The van der Waals surface area contributed by atoms with Gasteiger partial charge in [0.15, 0.2) is 17.3 Å². The highest BCUT2D eigenvalue weighted by molar-refractivity contribution is 7.10. The molecule has 12 heteroatoms. The van der Waals surface area contributed by atoms with E-state index >= 15 is 0 Å². The fourth-order valence-corrected chi connectivity index (χ4v) is 5.88. The monoisotopic (exact) mass is 555 g/mol. The number of hydrogen-bond donors (Lipinski definition) is 2. The number of fused-ring (bicyclic) bond motifs is 1. The lowest BCUT2D eigenvalue weighted by Crippen LogP contribution is -2.38. The van der Waals surface area contributed by atoms with Gasteiger partial charge in [-0.3, -0.25) is 14.7 Å². The summed E-state index contributed by atoms with van der Waals surface area (Å²) in [6.45, 7) is 1.11. The molecule has 1 aliphatic heterocycles. The Labute approximate surface area is 227 Å². The van der Waals surface area contributed by atoms with E-state index in [9.17, 15) is 9.59 Å². The number of aromatic amines is 1. The minimum atomic E-state index is -0.353. The van der Waals surface area contributed by atoms with Gasteiger partial charge in [-0.2, -0.15) is 5.10 Å². The van der Waals surface area contributed by atoms with E-state index in [1.54, 1.807) is 28.5 Å². The molecule has 5 rings (SSSR count). The molecule has 1 fully saturated rings. The molecule has 2 N–H and O–H groups in total. The maximum atomic E-state index is 13.3. The zero-order valence-electron chi connectivity index (χ0n) is 21.0. The number of amides is 2. The number of hydrogen-bond acceptors (Lipinski definition) is 8. The summed E-state index contributed by atoms with van der Waals surface area (Å²) in [7, 11) is 4.54. The summed E-state index contributed by atoms with van der Waals surface area (Å²) in [4.78, 5) is 32.6. The van der Waals surface area contributed by atoms with Crippen molar-refractivity contribution in [3.8, 4) is 17.2 Å². The number of carbonyl (C=O) groups excluding carboxylic acids is 2. The van der Waals surface area contributed by atoms with Gasteiger partial charge in [-0.15, -0.1) is 11.3 Å². The number of piperidine rings is 1. The summed E-state index contributed by atoms with van der Waals surface area (Å²) < 4.78 is 16.2. The van der Waals surface area contributed by atoms with E-state index in [0.717, 1.165) is 23.4 Å². The molecular weight excluding hydrogens is 530 g/mol. The number of anilines is 1. The van der Waals surface area contributed by atoms with Crippen LogP contribution in [0.1, 0.15) is 44.6 Å². The van der Waals surface area contributed by atoms with Gasteiger partial charge in [-0.1, -0.05) is 17.7 Å². The van der Waals surface area contributed by atoms with Crippen LogP contribution in [0.3, 0.4) is 0 Å². The van der Waals surface area contributed by atoms with Gasteiger partial charge in [0.2, 0.25) is 5.75 Å². The third kappa shape index (κ3) is 4.74. The average molecular weight is 556 g/mol. The van der Waals surface area contributed by atoms with Crippen LogP contribution in [0.4, 0.5) is 5.82 Å². The molecule has 0 aliphatic carbocycles. The molecule has 10 nitrogen and oxygen atoms in total. The number of aromatic nitrogens is 3. The highest BCUT2D eigenvalue weighted by atomic mass is 35.5. The summed E-state index contributed by atoms with van der Waals surface area (Å²) in [5.74, 6) is 1.25. The average Bonchev–Trinajstić information content (AvgIpc) is 3.60. The minimum Gasteiger partial charge on any atom is -0.493 e. The summed E-state index contributed by atoms with van der Waals surface area (Å²) in [6.07, 6.45) is 1.46. The summed E-state index contributed by atoms with van der Waals surface area (Å²) >= 11 is 7.73. The molecular formula is C26H26ClN5O5S. The maximum Gasteiger partial charge on any atom is 0.276 e. The molecule has 0 atom stereocenters. The predicted molar refractivity (Wildman–Crippen MR) is 145 cm³/mol. The molecule has 0 radical (unpaired) electrons. The molecule has 198 valence electrons. The first-order chi connectivity index (χ1) is 18.4. The molecule has 2 aromatic heterocycles. The molecule has 0 unspecified atom stereocenters. The molecule has 2 aromatic carbocycles. The van der Waals surface area contributed by atoms with Crippen molar-refractivity contribution < 1.29 is 23.8 Å². The SMILES string of the molecule is COc1ccc(C(=O)N2CCC(c3nc(C(=O)Nc4n[nH]c5cccc(Cl)c45)cs3)CC2)c(OC)c1OC. The predicted octanol–water partition coefficient (Wildman–Crippen LogP) is 4.97. The van der Waals surface area contributed by atoms with E-state index in [4.69, 9.17) is 25.8 Å². The molecule has 3 heterocycles. The Hall–Kier alpha value is -3.83. The van der Waals surface area contributed by atoms with Crippen molar-refractivity contribution in [2.45, 2.75) is 18.8 Å².